The zero-order valence-electron chi connectivity index (χ0n) is 6.23. The number of rotatable bonds is 0. The molecule has 4 nitrogen and oxygen atoms in total. The molecule has 0 aromatic heterocycles. The normalized spacial score (nSPS) is 41.5. The number of nitrogens with two attached hydrogens (primary N) is 1. The predicted octanol–water partition coefficient (Wildman–Crippen LogP) is 0.228. The Labute approximate surface area is 65.0 Å². The fraction of sp³-hybridized carbons (Fsp3) is 0.857. The lowest BCUT2D eigenvalue weighted by Gasteiger charge is -2.18. The first-order chi connectivity index (χ1) is 5.20. The van der Waals surface area contributed by atoms with Gasteiger partial charge in [0.2, 0.25) is 0 Å². The molecule has 2 rings (SSSR count). The van der Waals surface area contributed by atoms with E-state index in [1.807, 2.05) is 0 Å². The van der Waals surface area contributed by atoms with Gasteiger partial charge in [-0.25, -0.2) is 4.79 Å². The molecule has 0 aromatic carbocycles. The summed E-state index contributed by atoms with van der Waals surface area (Å²) in [4.78, 5) is 12.2. The first kappa shape index (κ1) is 6.91. The monoisotopic (exact) mass is 156 g/mol. The van der Waals surface area contributed by atoms with Gasteiger partial charge in [0, 0.05) is 12.1 Å². The molecule has 3 atom stereocenters. The largest absolute Gasteiger partial charge is 0.465 e. The number of nitrogens with zero attached hydrogens (tertiary/aromatic N) is 1. The van der Waals surface area contributed by atoms with E-state index in [4.69, 9.17) is 10.8 Å². The van der Waals surface area contributed by atoms with Crippen LogP contribution in [0.1, 0.15) is 19.3 Å². The maximum absolute atomic E-state index is 10.7. The van der Waals surface area contributed by atoms with Crippen molar-refractivity contribution in [3.8, 4) is 0 Å². The van der Waals surface area contributed by atoms with Crippen LogP contribution in [-0.2, 0) is 0 Å². The van der Waals surface area contributed by atoms with Gasteiger partial charge in [0.15, 0.2) is 0 Å². The number of carbonyl (C=O) groups is 1. The highest BCUT2D eigenvalue weighted by atomic mass is 16.4. The first-order valence-corrected chi connectivity index (χ1v) is 3.97. The van der Waals surface area contributed by atoms with E-state index in [0.29, 0.717) is 0 Å². The van der Waals surface area contributed by atoms with Gasteiger partial charge in [-0.3, -0.25) is 0 Å². The summed E-state index contributed by atoms with van der Waals surface area (Å²) in [5.74, 6) is 0. The first-order valence-electron chi connectivity index (χ1n) is 3.97. The lowest BCUT2D eigenvalue weighted by Crippen LogP contribution is -2.39. The maximum atomic E-state index is 10.7. The molecule has 0 radical (unpaired) electrons. The van der Waals surface area contributed by atoms with Gasteiger partial charge in [-0.05, 0) is 19.3 Å². The molecule has 62 valence electrons. The number of hydrogen-bond donors (Lipinski definition) is 2. The number of carboxylic acid groups (broad SMARTS) is 1. The Kier molecular flexibility index (Phi) is 1.32. The molecule has 1 amide bonds. The molecule has 0 saturated carbocycles. The van der Waals surface area contributed by atoms with Crippen LogP contribution in [0.5, 0.6) is 0 Å². The van der Waals surface area contributed by atoms with Gasteiger partial charge in [-0.2, -0.15) is 0 Å². The summed E-state index contributed by atoms with van der Waals surface area (Å²) >= 11 is 0. The molecular weight excluding hydrogens is 144 g/mol. The molecule has 3 N–H and O–H groups in total. The average molecular weight is 156 g/mol. The molecule has 2 heterocycles. The Morgan fingerprint density at radius 3 is 2.55 bits per heavy atom. The van der Waals surface area contributed by atoms with Gasteiger partial charge < -0.3 is 15.7 Å². The highest BCUT2D eigenvalue weighted by molar-refractivity contribution is 5.67. The van der Waals surface area contributed by atoms with Crippen LogP contribution in [0.15, 0.2) is 0 Å². The quantitative estimate of drug-likeness (QED) is 0.527. The van der Waals surface area contributed by atoms with Crippen molar-refractivity contribution in [2.75, 3.05) is 0 Å². The third-order valence-electron chi connectivity index (χ3n) is 2.81. The summed E-state index contributed by atoms with van der Waals surface area (Å²) in [6.45, 7) is 0. The van der Waals surface area contributed by atoms with Crippen LogP contribution >= 0.6 is 0 Å². The SMILES string of the molecule is N[C@@H]1C[C@H]2CC[C@@H]1N2C(=O)O. The summed E-state index contributed by atoms with van der Waals surface area (Å²) in [6.07, 6.45) is 2.02. The standard InChI is InChI=1S/C7H12N2O2/c8-5-3-4-1-2-6(5)9(4)7(10)11/h4-6H,1-3,8H2,(H,10,11)/t4-,5-,6+/m1/s1. The average Bonchev–Trinajstić information content (AvgIpc) is 2.41. The zero-order valence-corrected chi connectivity index (χ0v) is 6.23. The van der Waals surface area contributed by atoms with Crippen LogP contribution in [0.25, 0.3) is 0 Å². The number of fused-ring (bicyclic) bond motifs is 2. The Morgan fingerprint density at radius 2 is 2.27 bits per heavy atom. The predicted molar refractivity (Wildman–Crippen MR) is 39.3 cm³/mol. The highest BCUT2D eigenvalue weighted by Gasteiger charge is 2.47. The van der Waals surface area contributed by atoms with Crippen LogP contribution in [0.4, 0.5) is 4.79 Å². The van der Waals surface area contributed by atoms with Crippen molar-refractivity contribution in [2.45, 2.75) is 37.4 Å². The van der Waals surface area contributed by atoms with Crippen LogP contribution in [-0.4, -0.2) is 34.2 Å². The van der Waals surface area contributed by atoms with Crippen molar-refractivity contribution in [1.29, 1.82) is 0 Å². The minimum Gasteiger partial charge on any atom is -0.465 e. The second-order valence-corrected chi connectivity index (χ2v) is 3.39. The minimum absolute atomic E-state index is 0.0878. The Hall–Kier alpha value is -0.770. The summed E-state index contributed by atoms with van der Waals surface area (Å²) in [5.41, 5.74) is 5.74. The highest BCUT2D eigenvalue weighted by Crippen LogP contribution is 2.36. The second-order valence-electron chi connectivity index (χ2n) is 3.39. The number of amides is 1. The van der Waals surface area contributed by atoms with E-state index in [2.05, 4.69) is 0 Å². The lowest BCUT2D eigenvalue weighted by atomic mass is 9.97. The third kappa shape index (κ3) is 0.822. The van der Waals surface area contributed by atoms with Gasteiger partial charge in [0.05, 0.1) is 6.04 Å². The van der Waals surface area contributed by atoms with Crippen molar-refractivity contribution < 1.29 is 9.90 Å². The third-order valence-corrected chi connectivity index (χ3v) is 2.81. The fourth-order valence-corrected chi connectivity index (χ4v) is 2.33. The summed E-state index contributed by atoms with van der Waals surface area (Å²) in [7, 11) is 0. The van der Waals surface area contributed by atoms with Gasteiger partial charge in [-0.1, -0.05) is 0 Å². The van der Waals surface area contributed by atoms with E-state index in [1.165, 1.54) is 4.90 Å². The van der Waals surface area contributed by atoms with Gasteiger partial charge >= 0.3 is 6.09 Å². The van der Waals surface area contributed by atoms with E-state index in [9.17, 15) is 4.79 Å². The van der Waals surface area contributed by atoms with Crippen LogP contribution in [0.2, 0.25) is 0 Å². The molecule has 0 aromatic rings. The van der Waals surface area contributed by atoms with Crippen LogP contribution in [0, 0.1) is 0 Å². The van der Waals surface area contributed by atoms with E-state index in [0.717, 1.165) is 19.3 Å². The van der Waals surface area contributed by atoms with Crippen molar-refractivity contribution in [2.24, 2.45) is 5.73 Å². The molecule has 11 heavy (non-hydrogen) atoms. The van der Waals surface area contributed by atoms with E-state index in [-0.39, 0.29) is 18.1 Å². The number of hydrogen-bond acceptors (Lipinski definition) is 2. The molecule has 0 unspecified atom stereocenters. The maximum Gasteiger partial charge on any atom is 0.407 e. The topological polar surface area (TPSA) is 66.6 Å². The molecule has 2 fully saturated rings. The molecule has 4 heteroatoms. The molecule has 2 bridgehead atoms. The zero-order chi connectivity index (χ0) is 8.01. The molecule has 2 aliphatic heterocycles. The van der Waals surface area contributed by atoms with E-state index < -0.39 is 6.09 Å². The van der Waals surface area contributed by atoms with Crippen molar-refractivity contribution in [1.82, 2.24) is 4.90 Å². The van der Waals surface area contributed by atoms with Crippen LogP contribution in [0.3, 0.4) is 0 Å². The molecule has 0 aliphatic carbocycles. The van der Waals surface area contributed by atoms with Gasteiger partial charge in [-0.15, -0.1) is 0 Å². The van der Waals surface area contributed by atoms with Crippen molar-refractivity contribution in [3.63, 3.8) is 0 Å². The molecular formula is C7H12N2O2. The lowest BCUT2D eigenvalue weighted by molar-refractivity contribution is 0.138. The van der Waals surface area contributed by atoms with Crippen LogP contribution < -0.4 is 5.73 Å². The Morgan fingerprint density at radius 1 is 1.55 bits per heavy atom. The van der Waals surface area contributed by atoms with Gasteiger partial charge in [0.1, 0.15) is 0 Å². The summed E-state index contributed by atoms with van der Waals surface area (Å²) in [6, 6.07) is 0.412. The Balaban J connectivity index is 2.19. The van der Waals surface area contributed by atoms with Gasteiger partial charge in [0.25, 0.3) is 0 Å². The van der Waals surface area contributed by atoms with E-state index in [1.54, 1.807) is 0 Å². The second kappa shape index (κ2) is 2.11. The van der Waals surface area contributed by atoms with Crippen molar-refractivity contribution >= 4 is 6.09 Å². The summed E-state index contributed by atoms with van der Waals surface area (Å²) < 4.78 is 0. The minimum atomic E-state index is -0.801. The smallest absolute Gasteiger partial charge is 0.407 e. The molecule has 2 aliphatic rings. The van der Waals surface area contributed by atoms with E-state index >= 15 is 0 Å². The molecule has 2 saturated heterocycles. The Bertz CT molecular complexity index is 195. The fourth-order valence-electron chi connectivity index (χ4n) is 2.33. The summed E-state index contributed by atoms with van der Waals surface area (Å²) in [5, 5.41) is 8.78. The molecule has 0 spiro atoms. The van der Waals surface area contributed by atoms with Crippen molar-refractivity contribution in [3.05, 3.63) is 0 Å².